The summed E-state index contributed by atoms with van der Waals surface area (Å²) in [6.07, 6.45) is 1.65. The largest absolute Gasteiger partial charge is 0.342 e. The molecule has 0 atom stereocenters. The normalized spacial score (nSPS) is 14.0. The van der Waals surface area contributed by atoms with Crippen molar-refractivity contribution in [2.75, 3.05) is 31.5 Å². The highest BCUT2D eigenvalue weighted by Crippen LogP contribution is 2.17. The Balaban J connectivity index is 1.65. The number of amides is 3. The van der Waals surface area contributed by atoms with E-state index in [0.717, 1.165) is 24.1 Å². The number of carbonyl (C=O) groups is 3. The van der Waals surface area contributed by atoms with E-state index >= 15 is 0 Å². The van der Waals surface area contributed by atoms with E-state index in [-0.39, 0.29) is 11.8 Å². The number of para-hydroxylation sites is 1. The molecule has 1 fully saturated rings. The summed E-state index contributed by atoms with van der Waals surface area (Å²) in [5, 5.41) is 2.93. The van der Waals surface area contributed by atoms with Crippen LogP contribution in [-0.4, -0.2) is 54.2 Å². The number of rotatable bonds is 5. The molecule has 6 heteroatoms. The molecular formula is C21H23N3O3. The number of hydrogen-bond donors (Lipinski definition) is 1. The van der Waals surface area contributed by atoms with E-state index in [1.165, 1.54) is 0 Å². The maximum absolute atomic E-state index is 12.6. The van der Waals surface area contributed by atoms with Crippen molar-refractivity contribution in [2.45, 2.75) is 13.3 Å². The van der Waals surface area contributed by atoms with Gasteiger partial charge in [0.1, 0.15) is 0 Å². The quantitative estimate of drug-likeness (QED) is 0.828. The van der Waals surface area contributed by atoms with E-state index in [0.29, 0.717) is 37.3 Å². The third-order valence-corrected chi connectivity index (χ3v) is 4.79. The Kier molecular flexibility index (Phi) is 5.86. The molecule has 0 bridgehead atoms. The van der Waals surface area contributed by atoms with Crippen molar-refractivity contribution in [2.24, 2.45) is 0 Å². The van der Waals surface area contributed by atoms with Gasteiger partial charge in [0.15, 0.2) is 0 Å². The Labute approximate surface area is 158 Å². The number of carbonyl (C=O) groups excluding carboxylic acids is 3. The smallest absolute Gasteiger partial charge is 0.255 e. The summed E-state index contributed by atoms with van der Waals surface area (Å²) in [5.74, 6) is -0.279. The van der Waals surface area contributed by atoms with Crippen molar-refractivity contribution in [1.82, 2.24) is 9.80 Å². The molecule has 3 amide bonds. The van der Waals surface area contributed by atoms with Crippen LogP contribution < -0.4 is 5.32 Å². The molecule has 0 aliphatic carbocycles. The molecule has 6 nitrogen and oxygen atoms in total. The van der Waals surface area contributed by atoms with Crippen molar-refractivity contribution in [1.29, 1.82) is 0 Å². The van der Waals surface area contributed by atoms with Crippen LogP contribution in [0, 0.1) is 0 Å². The Morgan fingerprint density at radius 3 is 2.22 bits per heavy atom. The van der Waals surface area contributed by atoms with Crippen LogP contribution >= 0.6 is 0 Å². The molecule has 3 rings (SSSR count). The van der Waals surface area contributed by atoms with Gasteiger partial charge in [-0.2, -0.15) is 0 Å². The van der Waals surface area contributed by atoms with E-state index in [9.17, 15) is 14.4 Å². The van der Waals surface area contributed by atoms with Gasteiger partial charge >= 0.3 is 0 Å². The molecule has 2 aromatic carbocycles. The summed E-state index contributed by atoms with van der Waals surface area (Å²) < 4.78 is 0. The van der Waals surface area contributed by atoms with Crippen molar-refractivity contribution in [3.8, 4) is 0 Å². The second-order valence-electron chi connectivity index (χ2n) is 6.48. The molecule has 0 spiro atoms. The lowest BCUT2D eigenvalue weighted by Crippen LogP contribution is -2.48. The first-order valence-corrected chi connectivity index (χ1v) is 9.10. The van der Waals surface area contributed by atoms with E-state index in [4.69, 9.17) is 0 Å². The van der Waals surface area contributed by atoms with E-state index in [1.807, 2.05) is 31.2 Å². The summed E-state index contributed by atoms with van der Waals surface area (Å²) in [5.41, 5.74) is 2.92. The van der Waals surface area contributed by atoms with Gasteiger partial charge in [0, 0.05) is 43.0 Å². The van der Waals surface area contributed by atoms with Crippen molar-refractivity contribution >= 4 is 23.9 Å². The van der Waals surface area contributed by atoms with Gasteiger partial charge < -0.3 is 15.1 Å². The van der Waals surface area contributed by atoms with Crippen LogP contribution in [-0.2, 0) is 11.2 Å². The number of hydrogen-bond acceptors (Lipinski definition) is 3. The average Bonchev–Trinajstić information content (AvgIpc) is 2.73. The molecule has 1 saturated heterocycles. The minimum atomic E-state index is -0.200. The predicted octanol–water partition coefficient (Wildman–Crippen LogP) is 2.42. The fraction of sp³-hybridized carbons (Fsp3) is 0.286. The van der Waals surface area contributed by atoms with Gasteiger partial charge in [0.25, 0.3) is 11.8 Å². The summed E-state index contributed by atoms with van der Waals surface area (Å²) in [7, 11) is 0. The van der Waals surface area contributed by atoms with Crippen LogP contribution in [0.1, 0.15) is 33.2 Å². The lowest BCUT2D eigenvalue weighted by molar-refractivity contribution is -0.119. The van der Waals surface area contributed by atoms with Crippen LogP contribution in [0.2, 0.25) is 0 Å². The highest BCUT2D eigenvalue weighted by molar-refractivity contribution is 6.05. The molecule has 0 unspecified atom stereocenters. The summed E-state index contributed by atoms with van der Waals surface area (Å²) in [6.45, 7) is 4.18. The van der Waals surface area contributed by atoms with Crippen LogP contribution in [0.3, 0.4) is 0 Å². The summed E-state index contributed by atoms with van der Waals surface area (Å²) in [4.78, 5) is 39.2. The number of nitrogens with zero attached hydrogens (tertiary/aromatic N) is 2. The molecule has 0 saturated carbocycles. The van der Waals surface area contributed by atoms with Crippen molar-refractivity contribution in [3.05, 3.63) is 65.2 Å². The predicted molar refractivity (Wildman–Crippen MR) is 104 cm³/mol. The SMILES string of the molecule is CCc1ccccc1NC(=O)c1ccc(C(=O)N2CCN(C=O)CC2)cc1. The molecule has 1 aliphatic heterocycles. The Morgan fingerprint density at radius 1 is 0.963 bits per heavy atom. The van der Waals surface area contributed by atoms with Gasteiger partial charge in [0.05, 0.1) is 0 Å². The van der Waals surface area contributed by atoms with Gasteiger partial charge in [-0.25, -0.2) is 0 Å². The second kappa shape index (κ2) is 8.49. The molecule has 27 heavy (non-hydrogen) atoms. The van der Waals surface area contributed by atoms with Crippen LogP contribution in [0.4, 0.5) is 5.69 Å². The molecule has 2 aromatic rings. The van der Waals surface area contributed by atoms with E-state index in [2.05, 4.69) is 5.32 Å². The molecular weight excluding hydrogens is 342 g/mol. The van der Waals surface area contributed by atoms with Gasteiger partial charge in [-0.15, -0.1) is 0 Å². The minimum absolute atomic E-state index is 0.0798. The zero-order chi connectivity index (χ0) is 19.2. The topological polar surface area (TPSA) is 69.7 Å². The average molecular weight is 365 g/mol. The van der Waals surface area contributed by atoms with E-state index in [1.54, 1.807) is 34.1 Å². The molecule has 1 heterocycles. The van der Waals surface area contributed by atoms with Gasteiger partial charge in [-0.1, -0.05) is 25.1 Å². The second-order valence-corrected chi connectivity index (χ2v) is 6.48. The van der Waals surface area contributed by atoms with Gasteiger partial charge in [-0.05, 0) is 42.3 Å². The van der Waals surface area contributed by atoms with Crippen LogP contribution in [0.15, 0.2) is 48.5 Å². The van der Waals surface area contributed by atoms with Gasteiger partial charge in [0.2, 0.25) is 6.41 Å². The zero-order valence-corrected chi connectivity index (χ0v) is 15.4. The number of piperazine rings is 1. The molecule has 1 aliphatic rings. The standard InChI is InChI=1S/C21H23N3O3/c1-2-16-5-3-4-6-19(16)22-20(26)17-7-9-18(10-8-17)21(27)24-13-11-23(15-25)12-14-24/h3-10,15H,2,11-14H2,1H3,(H,22,26). The lowest BCUT2D eigenvalue weighted by atomic mass is 10.1. The number of anilines is 1. The maximum Gasteiger partial charge on any atom is 0.255 e. The third kappa shape index (κ3) is 4.34. The molecule has 0 aromatic heterocycles. The maximum atomic E-state index is 12.6. The highest BCUT2D eigenvalue weighted by atomic mass is 16.2. The monoisotopic (exact) mass is 365 g/mol. The van der Waals surface area contributed by atoms with Crippen LogP contribution in [0.25, 0.3) is 0 Å². The molecule has 0 radical (unpaired) electrons. The van der Waals surface area contributed by atoms with E-state index < -0.39 is 0 Å². The fourth-order valence-corrected chi connectivity index (χ4v) is 3.12. The number of nitrogens with one attached hydrogen (secondary N) is 1. The van der Waals surface area contributed by atoms with Crippen LogP contribution in [0.5, 0.6) is 0 Å². The fourth-order valence-electron chi connectivity index (χ4n) is 3.12. The third-order valence-electron chi connectivity index (χ3n) is 4.79. The lowest BCUT2D eigenvalue weighted by Gasteiger charge is -2.32. The Hall–Kier alpha value is -3.15. The first-order valence-electron chi connectivity index (χ1n) is 9.10. The first-order chi connectivity index (χ1) is 13.1. The first kappa shape index (κ1) is 18.6. The van der Waals surface area contributed by atoms with Gasteiger partial charge in [-0.3, -0.25) is 14.4 Å². The number of aryl methyl sites for hydroxylation is 1. The van der Waals surface area contributed by atoms with Crippen molar-refractivity contribution < 1.29 is 14.4 Å². The van der Waals surface area contributed by atoms with Crippen molar-refractivity contribution in [3.63, 3.8) is 0 Å². The number of benzene rings is 2. The Morgan fingerprint density at radius 2 is 1.59 bits per heavy atom. The molecule has 140 valence electrons. The minimum Gasteiger partial charge on any atom is -0.342 e. The zero-order valence-electron chi connectivity index (χ0n) is 15.4. The highest BCUT2D eigenvalue weighted by Gasteiger charge is 2.21. The molecule has 1 N–H and O–H groups in total. The summed E-state index contributed by atoms with van der Waals surface area (Å²) >= 11 is 0. The summed E-state index contributed by atoms with van der Waals surface area (Å²) in [6, 6.07) is 14.4. The Bertz CT molecular complexity index is 825.